The van der Waals surface area contributed by atoms with Gasteiger partial charge >= 0.3 is 5.97 Å². The number of rotatable bonds is 3. The predicted octanol–water partition coefficient (Wildman–Crippen LogP) is 1.98. The monoisotopic (exact) mass is 226 g/mol. The summed E-state index contributed by atoms with van der Waals surface area (Å²) in [6, 6.07) is 0. The summed E-state index contributed by atoms with van der Waals surface area (Å²) in [5.74, 6) is 1.41. The maximum Gasteiger partial charge on any atom is 0.308 e. The van der Waals surface area contributed by atoms with Gasteiger partial charge in [0.1, 0.15) is 0 Å². The zero-order valence-electron chi connectivity index (χ0n) is 10.4. The van der Waals surface area contributed by atoms with E-state index in [2.05, 4.69) is 18.6 Å². The largest absolute Gasteiger partial charge is 0.469 e. The Hall–Kier alpha value is -0.570. The highest BCUT2D eigenvalue weighted by Gasteiger charge is 2.55. The van der Waals surface area contributed by atoms with Crippen molar-refractivity contribution >= 4 is 5.97 Å². The maximum absolute atomic E-state index is 11.2. The van der Waals surface area contributed by atoms with Crippen LogP contribution in [-0.4, -0.2) is 24.3 Å². The van der Waals surface area contributed by atoms with E-state index in [1.54, 1.807) is 0 Å². The van der Waals surface area contributed by atoms with Gasteiger partial charge in [-0.05, 0) is 42.4 Å². The molecule has 0 aliphatic heterocycles. The van der Waals surface area contributed by atoms with Crippen LogP contribution in [0.5, 0.6) is 0 Å². The minimum Gasteiger partial charge on any atom is -0.469 e. The van der Waals surface area contributed by atoms with Crippen LogP contribution in [0.15, 0.2) is 0 Å². The quantitative estimate of drug-likeness (QED) is 0.748. The molecule has 3 heteroatoms. The van der Waals surface area contributed by atoms with Crippen molar-refractivity contribution < 1.29 is 14.6 Å². The third-order valence-corrected chi connectivity index (χ3v) is 5.01. The molecular formula is C13H22O3. The second kappa shape index (κ2) is 4.02. The molecule has 2 bridgehead atoms. The highest BCUT2D eigenvalue weighted by Crippen LogP contribution is 2.62. The van der Waals surface area contributed by atoms with E-state index in [1.807, 2.05) is 0 Å². The lowest BCUT2D eigenvalue weighted by Gasteiger charge is -2.61. The molecule has 3 fully saturated rings. The Morgan fingerprint density at radius 1 is 1.50 bits per heavy atom. The van der Waals surface area contributed by atoms with Crippen molar-refractivity contribution in [3.05, 3.63) is 0 Å². The molecule has 16 heavy (non-hydrogen) atoms. The van der Waals surface area contributed by atoms with Crippen molar-refractivity contribution in [2.24, 2.45) is 23.2 Å². The van der Waals surface area contributed by atoms with E-state index >= 15 is 0 Å². The normalized spacial score (nSPS) is 37.4. The first-order chi connectivity index (χ1) is 7.46. The topological polar surface area (TPSA) is 46.5 Å². The van der Waals surface area contributed by atoms with Crippen LogP contribution in [0.3, 0.4) is 0 Å². The second-order valence-corrected chi connectivity index (χ2v) is 5.95. The molecule has 0 aromatic rings. The van der Waals surface area contributed by atoms with Gasteiger partial charge in [-0.3, -0.25) is 4.79 Å². The molecule has 3 aliphatic rings. The smallest absolute Gasteiger partial charge is 0.308 e. The van der Waals surface area contributed by atoms with Crippen molar-refractivity contribution in [2.45, 2.75) is 45.6 Å². The third-order valence-electron chi connectivity index (χ3n) is 5.01. The van der Waals surface area contributed by atoms with Crippen LogP contribution in [0.1, 0.15) is 39.5 Å². The van der Waals surface area contributed by atoms with E-state index in [9.17, 15) is 9.90 Å². The molecular weight excluding hydrogens is 204 g/mol. The highest BCUT2D eigenvalue weighted by atomic mass is 16.5. The van der Waals surface area contributed by atoms with E-state index in [-0.39, 0.29) is 12.4 Å². The zero-order valence-corrected chi connectivity index (χ0v) is 10.4. The van der Waals surface area contributed by atoms with Crippen LogP contribution >= 0.6 is 0 Å². The minimum atomic E-state index is -0.516. The van der Waals surface area contributed by atoms with Gasteiger partial charge in [0.25, 0.3) is 0 Å². The Morgan fingerprint density at radius 3 is 2.69 bits per heavy atom. The Labute approximate surface area is 97.2 Å². The molecule has 0 amide bonds. The molecule has 92 valence electrons. The van der Waals surface area contributed by atoms with Gasteiger partial charge in [0.15, 0.2) is 0 Å². The van der Waals surface area contributed by atoms with Crippen LogP contribution in [0.2, 0.25) is 0 Å². The number of aliphatic hydroxyl groups excluding tert-OH is 1. The second-order valence-electron chi connectivity index (χ2n) is 5.95. The molecule has 4 unspecified atom stereocenters. The summed E-state index contributed by atoms with van der Waals surface area (Å²) in [7, 11) is 1.37. The number of fused-ring (bicyclic) bond motifs is 2. The molecule has 1 N–H and O–H groups in total. The van der Waals surface area contributed by atoms with Crippen molar-refractivity contribution in [2.75, 3.05) is 7.11 Å². The van der Waals surface area contributed by atoms with E-state index < -0.39 is 6.10 Å². The molecule has 4 atom stereocenters. The molecule has 3 saturated carbocycles. The van der Waals surface area contributed by atoms with E-state index in [0.717, 1.165) is 12.3 Å². The molecule has 3 nitrogen and oxygen atoms in total. The van der Waals surface area contributed by atoms with Crippen LogP contribution < -0.4 is 0 Å². The number of esters is 1. The molecule has 0 aromatic heterocycles. The van der Waals surface area contributed by atoms with Gasteiger partial charge in [0, 0.05) is 0 Å². The number of ether oxygens (including phenoxy) is 1. The van der Waals surface area contributed by atoms with Gasteiger partial charge in [0.05, 0.1) is 19.6 Å². The molecule has 3 aliphatic carbocycles. The summed E-state index contributed by atoms with van der Waals surface area (Å²) in [5, 5.41) is 10.1. The summed E-state index contributed by atoms with van der Waals surface area (Å²) < 4.78 is 4.61. The SMILES string of the molecule is COC(=O)CC(O)C1CCC2CC1C2(C)C. The molecule has 0 saturated heterocycles. The first-order valence-corrected chi connectivity index (χ1v) is 6.21. The standard InChI is InChI=1S/C13H22O3/c1-13(2)8-4-5-9(10(13)6-8)11(14)7-12(15)16-3/h8-11,14H,4-7H2,1-3H3. The molecule has 0 heterocycles. The first-order valence-electron chi connectivity index (χ1n) is 6.21. The van der Waals surface area contributed by atoms with Crippen molar-refractivity contribution in [3.8, 4) is 0 Å². The number of hydrogen-bond donors (Lipinski definition) is 1. The van der Waals surface area contributed by atoms with Gasteiger partial charge in [-0.2, -0.15) is 0 Å². The summed E-state index contributed by atoms with van der Waals surface area (Å²) in [6.45, 7) is 4.59. The highest BCUT2D eigenvalue weighted by molar-refractivity contribution is 5.69. The van der Waals surface area contributed by atoms with Crippen LogP contribution in [0.4, 0.5) is 0 Å². The van der Waals surface area contributed by atoms with Crippen molar-refractivity contribution in [3.63, 3.8) is 0 Å². The van der Waals surface area contributed by atoms with Crippen LogP contribution in [-0.2, 0) is 9.53 Å². The first kappa shape index (κ1) is 11.9. The Balaban J connectivity index is 1.97. The summed E-state index contributed by atoms with van der Waals surface area (Å²) in [6.07, 6.45) is 3.13. The van der Waals surface area contributed by atoms with E-state index in [4.69, 9.17) is 0 Å². The fourth-order valence-corrected chi connectivity index (χ4v) is 3.73. The average Bonchev–Trinajstić information content (AvgIpc) is 2.28. The van der Waals surface area contributed by atoms with Crippen molar-refractivity contribution in [1.82, 2.24) is 0 Å². The van der Waals surface area contributed by atoms with E-state index in [0.29, 0.717) is 17.3 Å². The predicted molar refractivity (Wildman–Crippen MR) is 60.7 cm³/mol. The van der Waals surface area contributed by atoms with E-state index in [1.165, 1.54) is 20.0 Å². The third kappa shape index (κ3) is 1.75. The average molecular weight is 226 g/mol. The Kier molecular flexibility index (Phi) is 2.99. The lowest BCUT2D eigenvalue weighted by molar-refractivity contribution is -0.155. The van der Waals surface area contributed by atoms with Gasteiger partial charge < -0.3 is 9.84 Å². The van der Waals surface area contributed by atoms with Gasteiger partial charge in [-0.25, -0.2) is 0 Å². The summed E-state index contributed by atoms with van der Waals surface area (Å²) >= 11 is 0. The lowest BCUT2D eigenvalue weighted by Crippen LogP contribution is -2.55. The number of hydrogen-bond acceptors (Lipinski definition) is 3. The lowest BCUT2D eigenvalue weighted by atomic mass is 9.45. The number of carbonyl (C=O) groups is 1. The Morgan fingerprint density at radius 2 is 2.19 bits per heavy atom. The number of methoxy groups -OCH3 is 1. The van der Waals surface area contributed by atoms with Gasteiger partial charge in [-0.1, -0.05) is 13.8 Å². The fourth-order valence-electron chi connectivity index (χ4n) is 3.73. The number of aliphatic hydroxyl groups is 1. The zero-order chi connectivity index (χ0) is 11.9. The number of carbonyl (C=O) groups excluding carboxylic acids is 1. The van der Waals surface area contributed by atoms with Gasteiger partial charge in [0.2, 0.25) is 0 Å². The summed E-state index contributed by atoms with van der Waals surface area (Å²) in [4.78, 5) is 11.2. The molecule has 0 aromatic carbocycles. The maximum atomic E-state index is 11.2. The van der Waals surface area contributed by atoms with Gasteiger partial charge in [-0.15, -0.1) is 0 Å². The van der Waals surface area contributed by atoms with Crippen molar-refractivity contribution in [1.29, 1.82) is 0 Å². The fraction of sp³-hybridized carbons (Fsp3) is 0.923. The molecule has 0 spiro atoms. The minimum absolute atomic E-state index is 0.151. The molecule has 3 rings (SSSR count). The van der Waals surface area contributed by atoms with Crippen LogP contribution in [0.25, 0.3) is 0 Å². The Bertz CT molecular complexity index is 283. The van der Waals surface area contributed by atoms with Crippen LogP contribution in [0, 0.1) is 23.2 Å². The summed E-state index contributed by atoms with van der Waals surface area (Å²) in [5.41, 5.74) is 0.361. The molecule has 0 radical (unpaired) electrons.